The average Bonchev–Trinajstić information content (AvgIpc) is 2.15. The van der Waals surface area contributed by atoms with Crippen molar-refractivity contribution in [3.05, 3.63) is 29.3 Å². The van der Waals surface area contributed by atoms with E-state index in [0.29, 0.717) is 0 Å². The molecule has 0 heterocycles. The molecule has 0 aromatic heterocycles. The Balaban J connectivity index is 3.01. The molecule has 0 aliphatic carbocycles. The molecule has 0 aliphatic heterocycles. The third-order valence-electron chi connectivity index (χ3n) is 2.43. The van der Waals surface area contributed by atoms with Crippen molar-refractivity contribution in [1.29, 1.82) is 0 Å². The normalized spacial score (nSPS) is 12.3. The Kier molecular flexibility index (Phi) is 3.48. The van der Waals surface area contributed by atoms with Crippen LogP contribution in [0.5, 0.6) is 0 Å². The fraction of sp³-hybridized carbons (Fsp3) is 0.417. The molecule has 1 amide bonds. The number of carbonyl (C=O) groups is 1. The van der Waals surface area contributed by atoms with Gasteiger partial charge in [-0.15, -0.1) is 0 Å². The predicted octanol–water partition coefficient (Wildman–Crippen LogP) is 1.61. The number of rotatable bonds is 2. The van der Waals surface area contributed by atoms with Crippen LogP contribution < -0.4 is 10.6 Å². The number of carbonyl (C=O) groups excluding carboxylic acids is 1. The molecule has 1 unspecified atom stereocenters. The van der Waals surface area contributed by atoms with Gasteiger partial charge in [-0.2, -0.15) is 0 Å². The summed E-state index contributed by atoms with van der Waals surface area (Å²) >= 11 is 0. The Morgan fingerprint density at radius 1 is 1.40 bits per heavy atom. The molecule has 0 aliphatic rings. The van der Waals surface area contributed by atoms with Crippen molar-refractivity contribution in [1.82, 2.24) is 0 Å². The van der Waals surface area contributed by atoms with E-state index in [1.807, 2.05) is 26.0 Å². The van der Waals surface area contributed by atoms with Crippen LogP contribution >= 0.6 is 0 Å². The molecule has 1 rings (SSSR count). The number of likely N-dealkylation sites (N-methyl/N-ethyl adjacent to an activating group) is 1. The van der Waals surface area contributed by atoms with Crippen LogP contribution in [-0.2, 0) is 4.79 Å². The first-order valence-corrected chi connectivity index (χ1v) is 5.04. The molecule has 1 aromatic rings. The standard InChI is InChI=1S/C12H18N2O/c1-8-5-6-11(9(2)7-8)14(4)12(15)10(3)13/h5-7,10H,13H2,1-4H3. The van der Waals surface area contributed by atoms with Crippen molar-refractivity contribution in [3.63, 3.8) is 0 Å². The van der Waals surface area contributed by atoms with Crippen LogP contribution in [0.3, 0.4) is 0 Å². The van der Waals surface area contributed by atoms with Gasteiger partial charge in [0.1, 0.15) is 0 Å². The van der Waals surface area contributed by atoms with Gasteiger partial charge in [0.05, 0.1) is 6.04 Å². The summed E-state index contributed by atoms with van der Waals surface area (Å²) in [5.41, 5.74) is 8.76. The summed E-state index contributed by atoms with van der Waals surface area (Å²) in [7, 11) is 1.75. The van der Waals surface area contributed by atoms with Gasteiger partial charge in [0.15, 0.2) is 0 Å². The molecule has 0 fully saturated rings. The molecular weight excluding hydrogens is 188 g/mol. The Labute approximate surface area is 90.9 Å². The zero-order chi connectivity index (χ0) is 11.6. The second-order valence-electron chi connectivity index (χ2n) is 3.98. The number of amides is 1. The van der Waals surface area contributed by atoms with Crippen molar-refractivity contribution in [2.45, 2.75) is 26.8 Å². The molecule has 2 N–H and O–H groups in total. The number of hydrogen-bond donors (Lipinski definition) is 1. The Morgan fingerprint density at radius 2 is 2.00 bits per heavy atom. The van der Waals surface area contributed by atoms with Gasteiger partial charge in [-0.25, -0.2) is 0 Å². The fourth-order valence-corrected chi connectivity index (χ4v) is 1.61. The smallest absolute Gasteiger partial charge is 0.243 e. The van der Waals surface area contributed by atoms with E-state index >= 15 is 0 Å². The molecule has 0 radical (unpaired) electrons. The van der Waals surface area contributed by atoms with E-state index < -0.39 is 6.04 Å². The summed E-state index contributed by atoms with van der Waals surface area (Å²) in [5, 5.41) is 0. The molecule has 3 nitrogen and oxygen atoms in total. The lowest BCUT2D eigenvalue weighted by molar-refractivity contribution is -0.119. The van der Waals surface area contributed by atoms with E-state index in [1.54, 1.807) is 18.9 Å². The van der Waals surface area contributed by atoms with Crippen molar-refractivity contribution in [2.75, 3.05) is 11.9 Å². The fourth-order valence-electron chi connectivity index (χ4n) is 1.61. The molecular formula is C12H18N2O. The minimum atomic E-state index is -0.462. The van der Waals surface area contributed by atoms with Gasteiger partial charge in [0, 0.05) is 12.7 Å². The van der Waals surface area contributed by atoms with Gasteiger partial charge in [-0.05, 0) is 32.4 Å². The lowest BCUT2D eigenvalue weighted by Gasteiger charge is -2.21. The first-order valence-electron chi connectivity index (χ1n) is 5.04. The summed E-state index contributed by atoms with van der Waals surface area (Å²) in [6.07, 6.45) is 0. The molecule has 0 saturated carbocycles. The zero-order valence-electron chi connectivity index (χ0n) is 9.74. The summed E-state index contributed by atoms with van der Waals surface area (Å²) in [6, 6.07) is 5.54. The van der Waals surface area contributed by atoms with Gasteiger partial charge in [-0.1, -0.05) is 17.7 Å². The highest BCUT2D eigenvalue weighted by Crippen LogP contribution is 2.20. The summed E-state index contributed by atoms with van der Waals surface area (Å²) in [6.45, 7) is 5.72. The highest BCUT2D eigenvalue weighted by molar-refractivity contribution is 5.96. The van der Waals surface area contributed by atoms with E-state index in [-0.39, 0.29) is 5.91 Å². The molecule has 15 heavy (non-hydrogen) atoms. The van der Waals surface area contributed by atoms with Crippen LogP contribution in [0.25, 0.3) is 0 Å². The highest BCUT2D eigenvalue weighted by atomic mass is 16.2. The summed E-state index contributed by atoms with van der Waals surface area (Å²) < 4.78 is 0. The van der Waals surface area contributed by atoms with E-state index in [9.17, 15) is 4.79 Å². The van der Waals surface area contributed by atoms with Crippen LogP contribution in [-0.4, -0.2) is 19.0 Å². The first-order chi connectivity index (χ1) is 6.93. The van der Waals surface area contributed by atoms with Crippen LogP contribution in [0, 0.1) is 13.8 Å². The number of nitrogens with zero attached hydrogens (tertiary/aromatic N) is 1. The van der Waals surface area contributed by atoms with Crippen molar-refractivity contribution in [2.24, 2.45) is 5.73 Å². The van der Waals surface area contributed by atoms with Gasteiger partial charge < -0.3 is 10.6 Å². The van der Waals surface area contributed by atoms with Crippen LogP contribution in [0.2, 0.25) is 0 Å². The van der Waals surface area contributed by atoms with Crippen LogP contribution in [0.1, 0.15) is 18.1 Å². The van der Waals surface area contributed by atoms with Crippen LogP contribution in [0.15, 0.2) is 18.2 Å². The van der Waals surface area contributed by atoms with E-state index in [2.05, 4.69) is 6.07 Å². The van der Waals surface area contributed by atoms with Gasteiger partial charge >= 0.3 is 0 Å². The number of anilines is 1. The Hall–Kier alpha value is -1.35. The SMILES string of the molecule is Cc1ccc(N(C)C(=O)C(C)N)c(C)c1. The molecule has 1 atom stereocenters. The lowest BCUT2D eigenvalue weighted by atomic mass is 10.1. The van der Waals surface area contributed by atoms with Crippen molar-refractivity contribution < 1.29 is 4.79 Å². The molecule has 3 heteroatoms. The van der Waals surface area contributed by atoms with Gasteiger partial charge in [0.25, 0.3) is 0 Å². The Bertz CT molecular complexity index is 372. The number of hydrogen-bond acceptors (Lipinski definition) is 2. The van der Waals surface area contributed by atoms with Gasteiger partial charge in [0.2, 0.25) is 5.91 Å². The third kappa shape index (κ3) is 2.57. The molecule has 0 spiro atoms. The van der Waals surface area contributed by atoms with Gasteiger partial charge in [-0.3, -0.25) is 4.79 Å². The average molecular weight is 206 g/mol. The summed E-state index contributed by atoms with van der Waals surface area (Å²) in [5.74, 6) is -0.0676. The van der Waals surface area contributed by atoms with Crippen LogP contribution in [0.4, 0.5) is 5.69 Å². The monoisotopic (exact) mass is 206 g/mol. The maximum atomic E-state index is 11.7. The zero-order valence-corrected chi connectivity index (χ0v) is 9.74. The number of nitrogens with two attached hydrogens (primary N) is 1. The van der Waals surface area contributed by atoms with Crippen molar-refractivity contribution in [3.8, 4) is 0 Å². The third-order valence-corrected chi connectivity index (χ3v) is 2.43. The van der Waals surface area contributed by atoms with Crippen molar-refractivity contribution >= 4 is 11.6 Å². The van der Waals surface area contributed by atoms with E-state index in [4.69, 9.17) is 5.73 Å². The maximum Gasteiger partial charge on any atom is 0.243 e. The predicted molar refractivity (Wildman–Crippen MR) is 63.0 cm³/mol. The van der Waals surface area contributed by atoms with E-state index in [1.165, 1.54) is 5.56 Å². The maximum absolute atomic E-state index is 11.7. The summed E-state index contributed by atoms with van der Waals surface area (Å²) in [4.78, 5) is 13.3. The second kappa shape index (κ2) is 4.45. The van der Waals surface area contributed by atoms with E-state index in [0.717, 1.165) is 11.3 Å². The highest BCUT2D eigenvalue weighted by Gasteiger charge is 2.16. The quantitative estimate of drug-likeness (QED) is 0.799. The molecule has 82 valence electrons. The number of benzene rings is 1. The molecule has 0 saturated heterocycles. The lowest BCUT2D eigenvalue weighted by Crippen LogP contribution is -2.40. The first kappa shape index (κ1) is 11.7. The minimum Gasteiger partial charge on any atom is -0.320 e. The number of aryl methyl sites for hydroxylation is 2. The Morgan fingerprint density at radius 3 is 2.47 bits per heavy atom. The largest absolute Gasteiger partial charge is 0.320 e. The topological polar surface area (TPSA) is 46.3 Å². The molecule has 0 bridgehead atoms. The minimum absolute atomic E-state index is 0.0676. The second-order valence-corrected chi connectivity index (χ2v) is 3.98. The molecule has 1 aromatic carbocycles.